The number of anilines is 1. The third-order valence-corrected chi connectivity index (χ3v) is 4.47. The highest BCUT2D eigenvalue weighted by atomic mass is 16.2. The number of aromatic nitrogens is 2. The Kier molecular flexibility index (Phi) is 4.42. The first-order chi connectivity index (χ1) is 10.7. The van der Waals surface area contributed by atoms with Crippen molar-refractivity contribution in [3.63, 3.8) is 0 Å². The topological polar surface area (TPSA) is 75.0 Å². The first-order valence-corrected chi connectivity index (χ1v) is 7.84. The summed E-state index contributed by atoms with van der Waals surface area (Å²) in [5.41, 5.74) is 8.94. The van der Waals surface area contributed by atoms with E-state index >= 15 is 0 Å². The fraction of sp³-hybridized carbons (Fsp3) is 0.412. The number of nitrogen functional groups attached to an aromatic ring is 1. The van der Waals surface area contributed by atoms with Gasteiger partial charge in [0.15, 0.2) is 0 Å². The second-order valence-corrected chi connectivity index (χ2v) is 5.87. The largest absolute Gasteiger partial charge is 0.399 e. The van der Waals surface area contributed by atoms with Crippen molar-refractivity contribution < 1.29 is 4.79 Å². The van der Waals surface area contributed by atoms with Gasteiger partial charge in [-0.1, -0.05) is 18.2 Å². The molecule has 22 heavy (non-hydrogen) atoms. The molecule has 1 saturated heterocycles. The van der Waals surface area contributed by atoms with E-state index in [4.69, 9.17) is 5.73 Å². The van der Waals surface area contributed by atoms with Crippen LogP contribution in [0.3, 0.4) is 0 Å². The van der Waals surface area contributed by atoms with Gasteiger partial charge in [0.2, 0.25) is 5.91 Å². The molecule has 0 aliphatic carbocycles. The molecule has 0 bridgehead atoms. The molecule has 3 rings (SSSR count). The maximum absolute atomic E-state index is 12.3. The van der Waals surface area contributed by atoms with E-state index in [0.717, 1.165) is 37.2 Å². The number of aryl methyl sites for hydroxylation is 1. The van der Waals surface area contributed by atoms with Crippen molar-refractivity contribution in [1.82, 2.24) is 15.1 Å². The molecule has 0 saturated carbocycles. The standard InChI is InChI=1S/C17H22N4O/c18-15-4-2-1-3-13(15)5-6-17(22)21-11-8-14(9-12-21)16-7-10-19-20-16/h1-4,7,10,14H,5-6,8-9,11-12,18H2,(H,19,20). The van der Waals surface area contributed by atoms with Crippen LogP contribution in [0.25, 0.3) is 0 Å². The third kappa shape index (κ3) is 3.30. The first-order valence-electron chi connectivity index (χ1n) is 7.84. The summed E-state index contributed by atoms with van der Waals surface area (Å²) in [5, 5.41) is 7.04. The number of hydrogen-bond acceptors (Lipinski definition) is 3. The van der Waals surface area contributed by atoms with E-state index in [1.807, 2.05) is 35.2 Å². The van der Waals surface area contributed by atoms with E-state index in [0.29, 0.717) is 18.8 Å². The highest BCUT2D eigenvalue weighted by Crippen LogP contribution is 2.26. The van der Waals surface area contributed by atoms with E-state index in [2.05, 4.69) is 10.2 Å². The Morgan fingerprint density at radius 1 is 1.27 bits per heavy atom. The molecule has 5 heteroatoms. The normalized spacial score (nSPS) is 15.9. The molecule has 3 N–H and O–H groups in total. The van der Waals surface area contributed by atoms with Crippen molar-refractivity contribution in [3.05, 3.63) is 47.8 Å². The minimum absolute atomic E-state index is 0.228. The lowest BCUT2D eigenvalue weighted by Gasteiger charge is -2.31. The Labute approximate surface area is 130 Å². The number of para-hydroxylation sites is 1. The monoisotopic (exact) mass is 298 g/mol. The van der Waals surface area contributed by atoms with Gasteiger partial charge in [-0.2, -0.15) is 5.10 Å². The van der Waals surface area contributed by atoms with Crippen LogP contribution in [0.4, 0.5) is 5.69 Å². The molecule has 5 nitrogen and oxygen atoms in total. The van der Waals surface area contributed by atoms with Crippen LogP contribution in [-0.4, -0.2) is 34.1 Å². The molecule has 1 aromatic heterocycles. The van der Waals surface area contributed by atoms with E-state index in [-0.39, 0.29) is 5.91 Å². The maximum atomic E-state index is 12.3. The predicted octanol–water partition coefficient (Wildman–Crippen LogP) is 2.33. The van der Waals surface area contributed by atoms with Crippen LogP contribution in [-0.2, 0) is 11.2 Å². The number of amides is 1. The molecule has 116 valence electrons. The number of aromatic amines is 1. The fourth-order valence-corrected chi connectivity index (χ4v) is 3.10. The Bertz CT molecular complexity index is 615. The highest BCUT2D eigenvalue weighted by Gasteiger charge is 2.24. The molecule has 2 heterocycles. The van der Waals surface area contributed by atoms with Crippen molar-refractivity contribution in [1.29, 1.82) is 0 Å². The van der Waals surface area contributed by atoms with Crippen LogP contribution in [0.1, 0.15) is 36.4 Å². The molecule has 1 aromatic carbocycles. The third-order valence-electron chi connectivity index (χ3n) is 4.47. The zero-order chi connectivity index (χ0) is 15.4. The second kappa shape index (κ2) is 6.64. The van der Waals surface area contributed by atoms with Gasteiger partial charge in [-0.05, 0) is 37.0 Å². The highest BCUT2D eigenvalue weighted by molar-refractivity contribution is 5.76. The molecule has 1 aliphatic rings. The van der Waals surface area contributed by atoms with Crippen LogP contribution < -0.4 is 5.73 Å². The van der Waals surface area contributed by atoms with Gasteiger partial charge in [0.05, 0.1) is 0 Å². The Morgan fingerprint density at radius 3 is 2.73 bits per heavy atom. The molecule has 0 atom stereocenters. The summed E-state index contributed by atoms with van der Waals surface area (Å²) < 4.78 is 0. The minimum atomic E-state index is 0.228. The first kappa shape index (κ1) is 14.6. The molecule has 2 aromatic rings. The predicted molar refractivity (Wildman–Crippen MR) is 86.3 cm³/mol. The van der Waals surface area contributed by atoms with Gasteiger partial charge in [-0.25, -0.2) is 0 Å². The van der Waals surface area contributed by atoms with Gasteiger partial charge in [0, 0.05) is 43.0 Å². The van der Waals surface area contributed by atoms with E-state index in [9.17, 15) is 4.79 Å². The number of nitrogens with one attached hydrogen (secondary N) is 1. The number of H-pyrrole nitrogens is 1. The number of rotatable bonds is 4. The van der Waals surface area contributed by atoms with E-state index in [1.54, 1.807) is 6.20 Å². The van der Waals surface area contributed by atoms with Crippen molar-refractivity contribution in [3.8, 4) is 0 Å². The van der Waals surface area contributed by atoms with Crippen molar-refractivity contribution in [2.45, 2.75) is 31.6 Å². The number of carbonyl (C=O) groups excluding carboxylic acids is 1. The summed E-state index contributed by atoms with van der Waals surface area (Å²) >= 11 is 0. The lowest BCUT2D eigenvalue weighted by atomic mass is 9.93. The van der Waals surface area contributed by atoms with Gasteiger partial charge in [0.1, 0.15) is 0 Å². The fourth-order valence-electron chi connectivity index (χ4n) is 3.10. The molecule has 1 fully saturated rings. The summed E-state index contributed by atoms with van der Waals surface area (Å²) in [6.07, 6.45) is 5.04. The van der Waals surface area contributed by atoms with Crippen molar-refractivity contribution in [2.75, 3.05) is 18.8 Å². The van der Waals surface area contributed by atoms with Gasteiger partial charge in [-0.3, -0.25) is 9.89 Å². The van der Waals surface area contributed by atoms with E-state index in [1.165, 1.54) is 5.69 Å². The average molecular weight is 298 g/mol. The van der Waals surface area contributed by atoms with Crippen LogP contribution in [0.2, 0.25) is 0 Å². The Morgan fingerprint density at radius 2 is 2.05 bits per heavy atom. The summed E-state index contributed by atoms with van der Waals surface area (Å²) in [6, 6.07) is 9.79. The maximum Gasteiger partial charge on any atom is 0.222 e. The molecular formula is C17H22N4O. The molecule has 0 spiro atoms. The minimum Gasteiger partial charge on any atom is -0.399 e. The molecular weight excluding hydrogens is 276 g/mol. The number of hydrogen-bond donors (Lipinski definition) is 2. The SMILES string of the molecule is Nc1ccccc1CCC(=O)N1CCC(c2ccn[nH]2)CC1. The zero-order valence-corrected chi connectivity index (χ0v) is 12.7. The zero-order valence-electron chi connectivity index (χ0n) is 12.7. The Hall–Kier alpha value is -2.30. The smallest absolute Gasteiger partial charge is 0.222 e. The number of piperidine rings is 1. The summed E-state index contributed by atoms with van der Waals surface area (Å²) in [5.74, 6) is 0.725. The van der Waals surface area contributed by atoms with E-state index < -0.39 is 0 Å². The number of nitrogens with zero attached hydrogens (tertiary/aromatic N) is 2. The van der Waals surface area contributed by atoms with Crippen molar-refractivity contribution >= 4 is 11.6 Å². The number of likely N-dealkylation sites (tertiary alicyclic amines) is 1. The van der Waals surface area contributed by atoms with Gasteiger partial charge in [0.25, 0.3) is 0 Å². The van der Waals surface area contributed by atoms with Gasteiger partial charge < -0.3 is 10.6 Å². The quantitative estimate of drug-likeness (QED) is 0.851. The van der Waals surface area contributed by atoms with Crippen LogP contribution in [0.15, 0.2) is 36.5 Å². The number of carbonyl (C=O) groups is 1. The molecule has 1 aliphatic heterocycles. The summed E-state index contributed by atoms with van der Waals surface area (Å²) in [7, 11) is 0. The average Bonchev–Trinajstić information content (AvgIpc) is 3.08. The van der Waals surface area contributed by atoms with Crippen LogP contribution in [0, 0.1) is 0 Å². The lowest BCUT2D eigenvalue weighted by molar-refractivity contribution is -0.132. The summed E-state index contributed by atoms with van der Waals surface area (Å²) in [6.45, 7) is 1.65. The van der Waals surface area contributed by atoms with Crippen LogP contribution >= 0.6 is 0 Å². The summed E-state index contributed by atoms with van der Waals surface area (Å²) in [4.78, 5) is 14.3. The van der Waals surface area contributed by atoms with Crippen molar-refractivity contribution in [2.24, 2.45) is 0 Å². The lowest BCUT2D eigenvalue weighted by Crippen LogP contribution is -2.38. The number of nitrogens with two attached hydrogens (primary N) is 1. The van der Waals surface area contributed by atoms with Crippen LogP contribution in [0.5, 0.6) is 0 Å². The number of benzene rings is 1. The Balaban J connectivity index is 1.49. The van der Waals surface area contributed by atoms with Gasteiger partial charge in [-0.15, -0.1) is 0 Å². The second-order valence-electron chi connectivity index (χ2n) is 5.87. The molecule has 0 unspecified atom stereocenters. The molecule has 0 radical (unpaired) electrons. The molecule has 1 amide bonds. The van der Waals surface area contributed by atoms with Gasteiger partial charge >= 0.3 is 0 Å².